The van der Waals surface area contributed by atoms with Gasteiger partial charge in [0.05, 0.1) is 11.2 Å². The second-order valence-corrected chi connectivity index (χ2v) is 9.65. The molecule has 0 N–H and O–H groups in total. The number of furan rings is 1. The van der Waals surface area contributed by atoms with Crippen LogP contribution in [-0.4, -0.2) is 18.3 Å². The SMILES string of the molecule is CC1(C)OB(c2ccccc2-c2cccc3oc4cc5ccccc5cc4c23)OC1(C)C. The van der Waals surface area contributed by atoms with Crippen molar-refractivity contribution in [2.75, 3.05) is 0 Å². The molecular formula is C28H25BO3. The minimum atomic E-state index is -0.426. The van der Waals surface area contributed by atoms with Gasteiger partial charge in [0, 0.05) is 10.8 Å². The van der Waals surface area contributed by atoms with Gasteiger partial charge in [0.1, 0.15) is 11.2 Å². The fourth-order valence-electron chi connectivity index (χ4n) is 4.65. The van der Waals surface area contributed by atoms with E-state index in [9.17, 15) is 0 Å². The van der Waals surface area contributed by atoms with Crippen molar-refractivity contribution in [3.05, 3.63) is 78.9 Å². The zero-order chi connectivity index (χ0) is 22.1. The van der Waals surface area contributed by atoms with Crippen molar-refractivity contribution in [1.29, 1.82) is 0 Å². The molecule has 6 rings (SSSR count). The molecule has 3 nitrogen and oxygen atoms in total. The van der Waals surface area contributed by atoms with Crippen molar-refractivity contribution in [3.63, 3.8) is 0 Å². The van der Waals surface area contributed by atoms with Crippen molar-refractivity contribution < 1.29 is 13.7 Å². The number of fused-ring (bicyclic) bond motifs is 4. The third-order valence-electron chi connectivity index (χ3n) is 7.12. The van der Waals surface area contributed by atoms with E-state index < -0.39 is 18.3 Å². The fraction of sp³-hybridized carbons (Fsp3) is 0.214. The molecule has 0 saturated carbocycles. The normalized spacial score (nSPS) is 17.6. The summed E-state index contributed by atoms with van der Waals surface area (Å²) >= 11 is 0. The van der Waals surface area contributed by atoms with Crippen LogP contribution in [0.15, 0.2) is 83.3 Å². The highest BCUT2D eigenvalue weighted by Gasteiger charge is 2.52. The topological polar surface area (TPSA) is 31.6 Å². The van der Waals surface area contributed by atoms with Crippen molar-refractivity contribution >= 4 is 45.3 Å². The summed E-state index contributed by atoms with van der Waals surface area (Å²) in [5.74, 6) is 0. The Morgan fingerprint density at radius 2 is 1.25 bits per heavy atom. The summed E-state index contributed by atoms with van der Waals surface area (Å²) in [6, 6.07) is 27.4. The Bertz CT molecular complexity index is 1480. The van der Waals surface area contributed by atoms with Gasteiger partial charge in [-0.1, -0.05) is 60.7 Å². The van der Waals surface area contributed by atoms with Gasteiger partial charge in [0.25, 0.3) is 0 Å². The molecule has 1 aromatic heterocycles. The second-order valence-electron chi connectivity index (χ2n) is 9.65. The molecule has 1 aliphatic heterocycles. The summed E-state index contributed by atoms with van der Waals surface area (Å²) in [7, 11) is -0.426. The Labute approximate surface area is 188 Å². The molecular weight excluding hydrogens is 395 g/mol. The fourth-order valence-corrected chi connectivity index (χ4v) is 4.65. The average Bonchev–Trinajstić information content (AvgIpc) is 3.24. The van der Waals surface area contributed by atoms with Crippen LogP contribution >= 0.6 is 0 Å². The van der Waals surface area contributed by atoms with Crippen LogP contribution in [-0.2, 0) is 9.31 Å². The lowest BCUT2D eigenvalue weighted by Crippen LogP contribution is -2.41. The molecule has 0 amide bonds. The molecule has 2 heterocycles. The van der Waals surface area contributed by atoms with Crippen LogP contribution in [0.1, 0.15) is 27.7 Å². The van der Waals surface area contributed by atoms with E-state index in [2.05, 4.69) is 94.4 Å². The minimum absolute atomic E-state index is 0.391. The Morgan fingerprint density at radius 3 is 2.00 bits per heavy atom. The molecule has 4 aromatic carbocycles. The van der Waals surface area contributed by atoms with Gasteiger partial charge in [-0.15, -0.1) is 0 Å². The Balaban J connectivity index is 1.59. The van der Waals surface area contributed by atoms with Crippen molar-refractivity contribution in [2.45, 2.75) is 38.9 Å². The zero-order valence-electron chi connectivity index (χ0n) is 18.8. The third kappa shape index (κ3) is 2.83. The maximum absolute atomic E-state index is 6.41. The molecule has 0 atom stereocenters. The Hall–Kier alpha value is -3.08. The van der Waals surface area contributed by atoms with E-state index in [1.54, 1.807) is 0 Å². The number of hydrogen-bond donors (Lipinski definition) is 0. The first-order chi connectivity index (χ1) is 15.3. The van der Waals surface area contributed by atoms with Crippen LogP contribution in [0.3, 0.4) is 0 Å². The van der Waals surface area contributed by atoms with Crippen molar-refractivity contribution in [3.8, 4) is 11.1 Å². The number of hydrogen-bond acceptors (Lipinski definition) is 3. The molecule has 1 aliphatic rings. The van der Waals surface area contributed by atoms with Gasteiger partial charge >= 0.3 is 7.12 Å². The second kappa shape index (κ2) is 6.71. The van der Waals surface area contributed by atoms with Crippen molar-refractivity contribution in [1.82, 2.24) is 0 Å². The van der Waals surface area contributed by atoms with Gasteiger partial charge < -0.3 is 13.7 Å². The smallest absolute Gasteiger partial charge is 0.456 e. The highest BCUT2D eigenvalue weighted by atomic mass is 16.7. The first-order valence-corrected chi connectivity index (χ1v) is 11.1. The van der Waals surface area contributed by atoms with Crippen LogP contribution in [0.25, 0.3) is 43.8 Å². The maximum Gasteiger partial charge on any atom is 0.495 e. The summed E-state index contributed by atoms with van der Waals surface area (Å²) in [5.41, 5.74) is 4.27. The molecule has 1 saturated heterocycles. The highest BCUT2D eigenvalue weighted by molar-refractivity contribution is 6.64. The van der Waals surface area contributed by atoms with Gasteiger partial charge in [0.15, 0.2) is 0 Å². The molecule has 158 valence electrons. The lowest BCUT2D eigenvalue weighted by molar-refractivity contribution is 0.00578. The lowest BCUT2D eigenvalue weighted by atomic mass is 9.74. The first kappa shape index (κ1) is 19.6. The lowest BCUT2D eigenvalue weighted by Gasteiger charge is -2.32. The van der Waals surface area contributed by atoms with E-state index in [1.165, 1.54) is 10.8 Å². The summed E-state index contributed by atoms with van der Waals surface area (Å²) < 4.78 is 19.1. The minimum Gasteiger partial charge on any atom is -0.456 e. The predicted octanol–water partition coefficient (Wildman–Crippen LogP) is 6.71. The van der Waals surface area contributed by atoms with Crippen molar-refractivity contribution in [2.24, 2.45) is 0 Å². The molecule has 0 unspecified atom stereocenters. The van der Waals surface area contributed by atoms with E-state index in [-0.39, 0.29) is 0 Å². The predicted molar refractivity (Wildman–Crippen MR) is 132 cm³/mol. The summed E-state index contributed by atoms with van der Waals surface area (Å²) in [6.07, 6.45) is 0. The van der Waals surface area contributed by atoms with Crippen LogP contribution in [0.2, 0.25) is 0 Å². The molecule has 0 bridgehead atoms. The molecule has 0 aliphatic carbocycles. The van der Waals surface area contributed by atoms with E-state index in [0.29, 0.717) is 0 Å². The number of rotatable bonds is 2. The monoisotopic (exact) mass is 420 g/mol. The van der Waals surface area contributed by atoms with E-state index in [4.69, 9.17) is 13.7 Å². The molecule has 5 aromatic rings. The van der Waals surface area contributed by atoms with E-state index in [1.807, 2.05) is 12.1 Å². The first-order valence-electron chi connectivity index (χ1n) is 11.1. The Morgan fingerprint density at radius 1 is 0.625 bits per heavy atom. The quantitative estimate of drug-likeness (QED) is 0.298. The summed E-state index contributed by atoms with van der Waals surface area (Å²) in [6.45, 7) is 8.35. The molecule has 32 heavy (non-hydrogen) atoms. The number of benzene rings is 4. The highest BCUT2D eigenvalue weighted by Crippen LogP contribution is 2.40. The molecule has 0 spiro atoms. The standard InChI is InChI=1S/C28H25BO3/c1-27(2)28(3,4)32-29(31-27)23-14-8-7-12-20(23)21-13-9-15-24-26(21)22-16-18-10-5-6-11-19(18)17-25(22)30-24/h5-17H,1-4H3. The van der Waals surface area contributed by atoms with Gasteiger partial charge in [0.2, 0.25) is 0 Å². The van der Waals surface area contributed by atoms with Gasteiger partial charge in [-0.3, -0.25) is 0 Å². The van der Waals surface area contributed by atoms with E-state index >= 15 is 0 Å². The summed E-state index contributed by atoms with van der Waals surface area (Å²) in [4.78, 5) is 0. The van der Waals surface area contributed by atoms with Crippen LogP contribution in [0, 0.1) is 0 Å². The van der Waals surface area contributed by atoms with Gasteiger partial charge in [-0.2, -0.15) is 0 Å². The Kier molecular flexibility index (Phi) is 4.11. The molecule has 4 heteroatoms. The third-order valence-corrected chi connectivity index (χ3v) is 7.12. The van der Waals surface area contributed by atoms with E-state index in [0.717, 1.165) is 38.5 Å². The maximum atomic E-state index is 6.41. The largest absolute Gasteiger partial charge is 0.495 e. The van der Waals surface area contributed by atoms with Crippen LogP contribution in [0.4, 0.5) is 0 Å². The van der Waals surface area contributed by atoms with Crippen LogP contribution in [0.5, 0.6) is 0 Å². The zero-order valence-corrected chi connectivity index (χ0v) is 18.8. The summed E-state index contributed by atoms with van der Waals surface area (Å²) in [5, 5.41) is 4.63. The van der Waals surface area contributed by atoms with Gasteiger partial charge in [-0.05, 0) is 73.3 Å². The molecule has 1 fully saturated rings. The molecule has 0 radical (unpaired) electrons. The van der Waals surface area contributed by atoms with Crippen LogP contribution < -0.4 is 5.46 Å². The average molecular weight is 420 g/mol. The van der Waals surface area contributed by atoms with Gasteiger partial charge in [-0.25, -0.2) is 0 Å².